The van der Waals surface area contributed by atoms with Crippen molar-refractivity contribution in [3.63, 3.8) is 0 Å². The lowest BCUT2D eigenvalue weighted by Crippen LogP contribution is -2.37. The number of aromatic nitrogens is 2. The second kappa shape index (κ2) is 8.84. The van der Waals surface area contributed by atoms with Gasteiger partial charge in [-0.1, -0.05) is 20.8 Å². The molecule has 1 aliphatic heterocycles. The maximum atomic E-state index is 12.7. The van der Waals surface area contributed by atoms with Gasteiger partial charge in [0, 0.05) is 31.1 Å². The molecule has 0 bridgehead atoms. The highest BCUT2D eigenvalue weighted by atomic mass is 16.5. The number of carbonyl (C=O) groups is 1. The van der Waals surface area contributed by atoms with Crippen LogP contribution < -0.4 is 10.3 Å². The van der Waals surface area contributed by atoms with Crippen LogP contribution in [0, 0.1) is 5.41 Å². The highest BCUT2D eigenvalue weighted by Gasteiger charge is 2.28. The molecule has 7 nitrogen and oxygen atoms in total. The Hall–Kier alpha value is -2.25. The molecule has 0 unspecified atom stereocenters. The largest absolute Gasteiger partial charge is 0.493 e. The first-order chi connectivity index (χ1) is 13.4. The number of hydrogen-bond acceptors (Lipinski definition) is 6. The third kappa shape index (κ3) is 4.59. The molecular formula is C21H29N3O4. The van der Waals surface area contributed by atoms with Crippen LogP contribution in [0.15, 0.2) is 29.3 Å². The Balaban J connectivity index is 1.66. The minimum Gasteiger partial charge on any atom is -0.493 e. The molecule has 0 amide bonds. The third-order valence-corrected chi connectivity index (χ3v) is 5.40. The van der Waals surface area contributed by atoms with Crippen molar-refractivity contribution in [2.45, 2.75) is 33.6 Å². The van der Waals surface area contributed by atoms with Crippen molar-refractivity contribution < 1.29 is 14.3 Å². The van der Waals surface area contributed by atoms with Crippen molar-refractivity contribution in [3.05, 3.63) is 34.9 Å². The number of rotatable bonds is 7. The van der Waals surface area contributed by atoms with Crippen LogP contribution in [0.1, 0.15) is 38.4 Å². The molecule has 3 rings (SSSR count). The van der Waals surface area contributed by atoms with Gasteiger partial charge in [0.05, 0.1) is 30.7 Å². The van der Waals surface area contributed by atoms with Crippen molar-refractivity contribution >= 4 is 16.8 Å². The van der Waals surface area contributed by atoms with E-state index in [4.69, 9.17) is 9.47 Å². The monoisotopic (exact) mass is 387 g/mol. The average Bonchev–Trinajstić information content (AvgIpc) is 2.72. The molecule has 1 aromatic heterocycles. The van der Waals surface area contributed by atoms with Crippen molar-refractivity contribution in [2.75, 3.05) is 39.5 Å². The zero-order chi connectivity index (χ0) is 20.1. The number of morpholine rings is 1. The molecule has 1 saturated heterocycles. The highest BCUT2D eigenvalue weighted by Crippen LogP contribution is 2.22. The minimum atomic E-state index is -0.608. The molecular weight excluding hydrogens is 358 g/mol. The lowest BCUT2D eigenvalue weighted by atomic mass is 9.89. The molecule has 0 N–H and O–H groups in total. The van der Waals surface area contributed by atoms with Gasteiger partial charge < -0.3 is 9.47 Å². The van der Waals surface area contributed by atoms with Gasteiger partial charge in [0.15, 0.2) is 0 Å². The van der Waals surface area contributed by atoms with E-state index in [0.29, 0.717) is 29.7 Å². The van der Waals surface area contributed by atoms with Crippen LogP contribution in [0.4, 0.5) is 0 Å². The van der Waals surface area contributed by atoms with E-state index in [1.165, 1.54) is 6.33 Å². The molecule has 2 heterocycles. The van der Waals surface area contributed by atoms with E-state index in [2.05, 4.69) is 9.88 Å². The Morgan fingerprint density at radius 2 is 2.04 bits per heavy atom. The van der Waals surface area contributed by atoms with Gasteiger partial charge in [0.2, 0.25) is 5.91 Å². The van der Waals surface area contributed by atoms with Gasteiger partial charge in [-0.3, -0.25) is 14.5 Å². The van der Waals surface area contributed by atoms with E-state index in [-0.39, 0.29) is 11.5 Å². The molecule has 2 aromatic rings. The molecule has 0 spiro atoms. The first-order valence-corrected chi connectivity index (χ1v) is 9.91. The number of benzene rings is 1. The standard InChI is InChI=1S/C21H29N3O4/c1-4-21(2,3)20(26)24-15-22-18-14-16(6-7-17(18)19(24)25)28-11-5-8-23-9-12-27-13-10-23/h6-7,14-15H,4-5,8-13H2,1-3H3. The number of fused-ring (bicyclic) bond motifs is 1. The van der Waals surface area contributed by atoms with Crippen LogP contribution in [-0.4, -0.2) is 59.8 Å². The van der Waals surface area contributed by atoms with Crippen LogP contribution in [0.25, 0.3) is 10.9 Å². The topological polar surface area (TPSA) is 73.7 Å². The number of hydrogen-bond donors (Lipinski definition) is 0. The molecule has 0 aliphatic carbocycles. The van der Waals surface area contributed by atoms with E-state index >= 15 is 0 Å². The lowest BCUT2D eigenvalue weighted by Gasteiger charge is -2.26. The van der Waals surface area contributed by atoms with E-state index in [1.54, 1.807) is 18.2 Å². The molecule has 1 fully saturated rings. The second-order valence-electron chi connectivity index (χ2n) is 7.80. The first kappa shape index (κ1) is 20.5. The maximum Gasteiger partial charge on any atom is 0.268 e. The van der Waals surface area contributed by atoms with Crippen molar-refractivity contribution in [3.8, 4) is 5.75 Å². The summed E-state index contributed by atoms with van der Waals surface area (Å²) in [4.78, 5) is 32.0. The van der Waals surface area contributed by atoms with Crippen molar-refractivity contribution in [1.82, 2.24) is 14.5 Å². The summed E-state index contributed by atoms with van der Waals surface area (Å²) in [6.45, 7) is 10.7. The Morgan fingerprint density at radius 3 is 2.75 bits per heavy atom. The fourth-order valence-electron chi connectivity index (χ4n) is 3.12. The molecule has 7 heteroatoms. The zero-order valence-corrected chi connectivity index (χ0v) is 16.9. The number of ether oxygens (including phenoxy) is 2. The molecule has 1 aliphatic rings. The van der Waals surface area contributed by atoms with Gasteiger partial charge in [0.1, 0.15) is 12.1 Å². The van der Waals surface area contributed by atoms with Crippen LogP contribution in [0.5, 0.6) is 5.75 Å². The van der Waals surface area contributed by atoms with Crippen molar-refractivity contribution in [2.24, 2.45) is 5.41 Å². The van der Waals surface area contributed by atoms with Crippen LogP contribution >= 0.6 is 0 Å². The van der Waals surface area contributed by atoms with Crippen LogP contribution in [-0.2, 0) is 4.74 Å². The third-order valence-electron chi connectivity index (χ3n) is 5.40. The first-order valence-electron chi connectivity index (χ1n) is 9.91. The van der Waals surface area contributed by atoms with Crippen LogP contribution in [0.2, 0.25) is 0 Å². The molecule has 0 atom stereocenters. The summed E-state index contributed by atoms with van der Waals surface area (Å²) in [5.74, 6) is 0.442. The molecule has 1 aromatic carbocycles. The fourth-order valence-corrected chi connectivity index (χ4v) is 3.12. The smallest absolute Gasteiger partial charge is 0.268 e. The highest BCUT2D eigenvalue weighted by molar-refractivity contribution is 5.87. The van der Waals surface area contributed by atoms with Gasteiger partial charge in [0.25, 0.3) is 5.56 Å². The Labute approximate surface area is 165 Å². The zero-order valence-electron chi connectivity index (χ0n) is 16.9. The average molecular weight is 387 g/mol. The summed E-state index contributed by atoms with van der Waals surface area (Å²) < 4.78 is 12.3. The summed E-state index contributed by atoms with van der Waals surface area (Å²) in [6, 6.07) is 5.20. The number of carbonyl (C=O) groups excluding carboxylic acids is 1. The normalized spacial score (nSPS) is 15.7. The quantitative estimate of drug-likeness (QED) is 0.680. The predicted molar refractivity (Wildman–Crippen MR) is 108 cm³/mol. The van der Waals surface area contributed by atoms with Gasteiger partial charge in [-0.25, -0.2) is 9.55 Å². The van der Waals surface area contributed by atoms with E-state index in [9.17, 15) is 9.59 Å². The van der Waals surface area contributed by atoms with Gasteiger partial charge in [-0.05, 0) is 25.0 Å². The van der Waals surface area contributed by atoms with Gasteiger partial charge in [-0.2, -0.15) is 0 Å². The van der Waals surface area contributed by atoms with Gasteiger partial charge >= 0.3 is 0 Å². The van der Waals surface area contributed by atoms with Gasteiger partial charge in [-0.15, -0.1) is 0 Å². The van der Waals surface area contributed by atoms with E-state index < -0.39 is 5.41 Å². The maximum absolute atomic E-state index is 12.7. The van der Waals surface area contributed by atoms with Crippen LogP contribution in [0.3, 0.4) is 0 Å². The number of nitrogens with zero attached hydrogens (tertiary/aromatic N) is 3. The van der Waals surface area contributed by atoms with E-state index in [1.807, 2.05) is 20.8 Å². The summed E-state index contributed by atoms with van der Waals surface area (Å²) >= 11 is 0. The molecule has 0 radical (unpaired) electrons. The Morgan fingerprint density at radius 1 is 1.29 bits per heavy atom. The van der Waals surface area contributed by atoms with E-state index in [0.717, 1.165) is 43.8 Å². The van der Waals surface area contributed by atoms with Crippen molar-refractivity contribution in [1.29, 1.82) is 0 Å². The lowest BCUT2D eigenvalue weighted by molar-refractivity contribution is 0.0358. The second-order valence-corrected chi connectivity index (χ2v) is 7.80. The summed E-state index contributed by atoms with van der Waals surface area (Å²) in [5.41, 5.74) is -0.410. The Kier molecular flexibility index (Phi) is 6.46. The molecule has 28 heavy (non-hydrogen) atoms. The minimum absolute atomic E-state index is 0.238. The fraction of sp³-hybridized carbons (Fsp3) is 0.571. The predicted octanol–water partition coefficient (Wildman–Crippen LogP) is 2.57. The summed E-state index contributed by atoms with van der Waals surface area (Å²) in [6.07, 6.45) is 2.90. The molecule has 152 valence electrons. The summed E-state index contributed by atoms with van der Waals surface area (Å²) in [5, 5.41) is 0.420. The SMILES string of the molecule is CCC(C)(C)C(=O)n1cnc2cc(OCCCN3CCOCC3)ccc2c1=O. The summed E-state index contributed by atoms with van der Waals surface area (Å²) in [7, 11) is 0. The Bertz CT molecular complexity index is 885. The molecule has 0 saturated carbocycles.